The van der Waals surface area contributed by atoms with Crippen LogP contribution in [0.1, 0.15) is 11.4 Å². The minimum atomic E-state index is 0. The molecule has 6 nitrogen and oxygen atoms in total. The van der Waals surface area contributed by atoms with E-state index in [9.17, 15) is 0 Å². The van der Waals surface area contributed by atoms with Crippen LogP contribution in [0.25, 0.3) is 0 Å². The Balaban J connectivity index is 0.00000162. The van der Waals surface area contributed by atoms with Crippen LogP contribution in [0.3, 0.4) is 0 Å². The molecule has 18 heavy (non-hydrogen) atoms. The minimum Gasteiger partial charge on any atom is -0.378 e. The highest BCUT2D eigenvalue weighted by Crippen LogP contribution is 2.04. The summed E-state index contributed by atoms with van der Waals surface area (Å²) in [5.41, 5.74) is 8.01. The molecule has 1 fully saturated rings. The third kappa shape index (κ3) is 3.84. The first-order valence-corrected chi connectivity index (χ1v) is 5.79. The monoisotopic (exact) mass is 365 g/mol. The van der Waals surface area contributed by atoms with Crippen molar-refractivity contribution in [2.24, 2.45) is 17.8 Å². The summed E-state index contributed by atoms with van der Waals surface area (Å²) in [5.74, 6) is 0.590. The van der Waals surface area contributed by atoms with Gasteiger partial charge < -0.3 is 15.4 Å². The van der Waals surface area contributed by atoms with E-state index in [1.165, 1.54) is 0 Å². The zero-order valence-electron chi connectivity index (χ0n) is 10.8. The lowest BCUT2D eigenvalue weighted by Gasteiger charge is -2.27. The number of nitrogens with zero attached hydrogens (tertiary/aromatic N) is 4. The van der Waals surface area contributed by atoms with Gasteiger partial charge in [0.25, 0.3) is 0 Å². The first kappa shape index (κ1) is 15.2. The molecular formula is C11H20IN5O. The number of rotatable bonds is 2. The molecule has 0 radical (unpaired) electrons. The fourth-order valence-electron chi connectivity index (χ4n) is 1.87. The van der Waals surface area contributed by atoms with Crippen LogP contribution in [0.5, 0.6) is 0 Å². The number of guanidine groups is 1. The lowest BCUT2D eigenvalue weighted by molar-refractivity contribution is 0.0674. The molecule has 0 amide bonds. The first-order valence-electron chi connectivity index (χ1n) is 5.79. The van der Waals surface area contributed by atoms with Gasteiger partial charge in [-0.1, -0.05) is 0 Å². The third-order valence-electron chi connectivity index (χ3n) is 2.84. The molecule has 2 rings (SSSR count). The molecule has 102 valence electrons. The summed E-state index contributed by atoms with van der Waals surface area (Å²) in [7, 11) is 1.92. The Labute approximate surface area is 124 Å². The van der Waals surface area contributed by atoms with Crippen molar-refractivity contribution in [1.82, 2.24) is 14.7 Å². The van der Waals surface area contributed by atoms with E-state index in [1.54, 1.807) is 0 Å². The van der Waals surface area contributed by atoms with E-state index in [2.05, 4.69) is 10.1 Å². The minimum absolute atomic E-state index is 0. The van der Waals surface area contributed by atoms with Crippen molar-refractivity contribution in [2.45, 2.75) is 13.5 Å². The Bertz CT molecular complexity index is 412. The highest BCUT2D eigenvalue weighted by Gasteiger charge is 2.12. The van der Waals surface area contributed by atoms with Gasteiger partial charge in [0.05, 0.1) is 31.1 Å². The number of nitrogens with two attached hydrogens (primary N) is 1. The van der Waals surface area contributed by atoms with Crippen LogP contribution < -0.4 is 5.73 Å². The quantitative estimate of drug-likeness (QED) is 0.471. The fourth-order valence-corrected chi connectivity index (χ4v) is 1.87. The number of halogens is 1. The topological polar surface area (TPSA) is 68.7 Å². The Morgan fingerprint density at radius 3 is 2.72 bits per heavy atom. The lowest BCUT2D eigenvalue weighted by Crippen LogP contribution is -2.44. The van der Waals surface area contributed by atoms with E-state index < -0.39 is 0 Å². The lowest BCUT2D eigenvalue weighted by atomic mass is 10.4. The molecule has 1 aromatic rings. The number of morpholine rings is 1. The molecule has 0 bridgehead atoms. The summed E-state index contributed by atoms with van der Waals surface area (Å²) in [6.07, 6.45) is 0. The molecule has 2 heterocycles. The molecule has 7 heteroatoms. The maximum absolute atomic E-state index is 5.94. The molecule has 1 aliphatic heterocycles. The van der Waals surface area contributed by atoms with E-state index in [0.29, 0.717) is 12.5 Å². The first-order chi connectivity index (χ1) is 8.16. The van der Waals surface area contributed by atoms with Gasteiger partial charge in [-0.15, -0.1) is 24.0 Å². The number of hydrogen-bond acceptors (Lipinski definition) is 3. The predicted octanol–water partition coefficient (Wildman–Crippen LogP) is 0.493. The van der Waals surface area contributed by atoms with Crippen molar-refractivity contribution in [3.05, 3.63) is 17.5 Å². The molecule has 2 N–H and O–H groups in total. The zero-order valence-corrected chi connectivity index (χ0v) is 13.1. The SMILES string of the molecule is Cc1cc(CN=C(N)N2CCOCC2)n(C)n1.I. The summed E-state index contributed by atoms with van der Waals surface area (Å²) in [6.45, 7) is 5.63. The average Bonchev–Trinajstić information content (AvgIpc) is 2.66. The van der Waals surface area contributed by atoms with Gasteiger partial charge >= 0.3 is 0 Å². The van der Waals surface area contributed by atoms with Crippen molar-refractivity contribution in [3.63, 3.8) is 0 Å². The van der Waals surface area contributed by atoms with Crippen LogP contribution in [0, 0.1) is 6.92 Å². The second-order valence-corrected chi connectivity index (χ2v) is 4.17. The molecule has 0 aromatic carbocycles. The van der Waals surface area contributed by atoms with Gasteiger partial charge in [-0.3, -0.25) is 4.68 Å². The third-order valence-corrected chi connectivity index (χ3v) is 2.84. The highest BCUT2D eigenvalue weighted by atomic mass is 127. The highest BCUT2D eigenvalue weighted by molar-refractivity contribution is 14.0. The van der Waals surface area contributed by atoms with Crippen molar-refractivity contribution in [3.8, 4) is 0 Å². The summed E-state index contributed by atoms with van der Waals surface area (Å²) in [4.78, 5) is 6.44. The molecule has 0 spiro atoms. The van der Waals surface area contributed by atoms with Gasteiger partial charge in [0.2, 0.25) is 0 Å². The zero-order chi connectivity index (χ0) is 12.3. The van der Waals surface area contributed by atoms with Crippen molar-refractivity contribution in [2.75, 3.05) is 26.3 Å². The molecule has 0 aliphatic carbocycles. The van der Waals surface area contributed by atoms with E-state index in [1.807, 2.05) is 29.6 Å². The van der Waals surface area contributed by atoms with Crippen molar-refractivity contribution in [1.29, 1.82) is 0 Å². The number of hydrogen-bond donors (Lipinski definition) is 1. The number of aliphatic imine (C=N–C) groups is 1. The molecule has 0 atom stereocenters. The van der Waals surface area contributed by atoms with E-state index >= 15 is 0 Å². The Morgan fingerprint density at radius 2 is 2.17 bits per heavy atom. The van der Waals surface area contributed by atoms with Crippen LogP contribution in [-0.2, 0) is 18.3 Å². The largest absolute Gasteiger partial charge is 0.378 e. The van der Waals surface area contributed by atoms with Crippen LogP contribution in [0.2, 0.25) is 0 Å². The van der Waals surface area contributed by atoms with Crippen LogP contribution in [0.15, 0.2) is 11.1 Å². The predicted molar refractivity (Wildman–Crippen MR) is 81.1 cm³/mol. The molecule has 1 saturated heterocycles. The van der Waals surface area contributed by atoms with Crippen molar-refractivity contribution < 1.29 is 4.74 Å². The van der Waals surface area contributed by atoms with E-state index in [-0.39, 0.29) is 24.0 Å². The molecular weight excluding hydrogens is 345 g/mol. The van der Waals surface area contributed by atoms with Gasteiger partial charge in [0, 0.05) is 20.1 Å². The van der Waals surface area contributed by atoms with Crippen LogP contribution in [-0.4, -0.2) is 46.9 Å². The van der Waals surface area contributed by atoms with Gasteiger partial charge in [0.1, 0.15) is 0 Å². The number of aromatic nitrogens is 2. The van der Waals surface area contributed by atoms with Gasteiger partial charge in [-0.05, 0) is 13.0 Å². The second-order valence-electron chi connectivity index (χ2n) is 4.17. The van der Waals surface area contributed by atoms with Crippen LogP contribution >= 0.6 is 24.0 Å². The standard InChI is InChI=1S/C11H19N5O.HI/c1-9-7-10(15(2)14-9)8-13-11(12)16-3-5-17-6-4-16;/h7H,3-6,8H2,1-2H3,(H2,12,13);1H. The van der Waals surface area contributed by atoms with Gasteiger partial charge in [-0.2, -0.15) is 5.10 Å². The average molecular weight is 365 g/mol. The van der Waals surface area contributed by atoms with Gasteiger partial charge in [-0.25, -0.2) is 4.99 Å². The summed E-state index contributed by atoms with van der Waals surface area (Å²) in [6, 6.07) is 2.02. The Kier molecular flexibility index (Phi) is 5.86. The summed E-state index contributed by atoms with van der Waals surface area (Å²) < 4.78 is 7.11. The van der Waals surface area contributed by atoms with E-state index in [4.69, 9.17) is 10.5 Å². The second kappa shape index (κ2) is 6.93. The molecule has 1 aliphatic rings. The molecule has 1 aromatic heterocycles. The van der Waals surface area contributed by atoms with E-state index in [0.717, 1.165) is 37.7 Å². The smallest absolute Gasteiger partial charge is 0.191 e. The maximum Gasteiger partial charge on any atom is 0.191 e. The fraction of sp³-hybridized carbons (Fsp3) is 0.636. The van der Waals surface area contributed by atoms with Crippen LogP contribution in [0.4, 0.5) is 0 Å². The normalized spacial score (nSPS) is 16.6. The molecule has 0 unspecified atom stereocenters. The Morgan fingerprint density at radius 1 is 1.50 bits per heavy atom. The summed E-state index contributed by atoms with van der Waals surface area (Å²) >= 11 is 0. The van der Waals surface area contributed by atoms with Gasteiger partial charge in [0.15, 0.2) is 5.96 Å². The maximum atomic E-state index is 5.94. The summed E-state index contributed by atoms with van der Waals surface area (Å²) in [5, 5.41) is 4.27. The Hall–Kier alpha value is -0.830. The number of aryl methyl sites for hydroxylation is 2. The van der Waals surface area contributed by atoms with Crippen molar-refractivity contribution >= 4 is 29.9 Å². The molecule has 0 saturated carbocycles. The number of ether oxygens (including phenoxy) is 1.